The Kier molecular flexibility index (Phi) is 4.17. The Morgan fingerprint density at radius 1 is 1.42 bits per heavy atom. The van der Waals surface area contributed by atoms with Crippen LogP contribution in [0.2, 0.25) is 0 Å². The fourth-order valence-corrected chi connectivity index (χ4v) is 5.10. The summed E-state index contributed by atoms with van der Waals surface area (Å²) in [7, 11) is -3.52. The topological polar surface area (TPSA) is 70.2 Å². The summed E-state index contributed by atoms with van der Waals surface area (Å²) in [6.07, 6.45) is 2.69. The zero-order valence-corrected chi connectivity index (χ0v) is 13.1. The minimum Gasteiger partial charge on any atom is -0.315 e. The SMILES string of the molecule is Cc1[nH]c(=O)sc1S(=O)(=O)N(CCC(C)C)C1CC1. The van der Waals surface area contributed by atoms with Gasteiger partial charge >= 0.3 is 4.87 Å². The van der Waals surface area contributed by atoms with Gasteiger partial charge in [-0.15, -0.1) is 0 Å². The summed E-state index contributed by atoms with van der Waals surface area (Å²) in [5, 5.41) is 0. The number of H-pyrrole nitrogens is 1. The quantitative estimate of drug-likeness (QED) is 0.873. The van der Waals surface area contributed by atoms with E-state index in [1.807, 2.05) is 0 Å². The molecule has 0 amide bonds. The van der Waals surface area contributed by atoms with E-state index in [2.05, 4.69) is 18.8 Å². The summed E-state index contributed by atoms with van der Waals surface area (Å²) >= 11 is 0.788. The average Bonchev–Trinajstić information content (AvgIpc) is 3.03. The maximum Gasteiger partial charge on any atom is 0.305 e. The molecule has 0 atom stereocenters. The Morgan fingerprint density at radius 3 is 2.47 bits per heavy atom. The molecule has 0 saturated heterocycles. The van der Waals surface area contributed by atoms with E-state index in [1.165, 1.54) is 0 Å². The van der Waals surface area contributed by atoms with E-state index in [1.54, 1.807) is 11.2 Å². The van der Waals surface area contributed by atoms with Crippen LogP contribution in [0.3, 0.4) is 0 Å². The van der Waals surface area contributed by atoms with Gasteiger partial charge in [0.2, 0.25) is 0 Å². The molecule has 0 bridgehead atoms. The van der Waals surface area contributed by atoms with Crippen LogP contribution in [0.1, 0.15) is 38.8 Å². The van der Waals surface area contributed by atoms with Crippen molar-refractivity contribution in [1.29, 1.82) is 0 Å². The van der Waals surface area contributed by atoms with Crippen LogP contribution in [0, 0.1) is 12.8 Å². The number of nitrogens with zero attached hydrogens (tertiary/aromatic N) is 1. The predicted molar refractivity (Wildman–Crippen MR) is 76.0 cm³/mol. The zero-order chi connectivity index (χ0) is 14.2. The zero-order valence-electron chi connectivity index (χ0n) is 11.5. The largest absolute Gasteiger partial charge is 0.315 e. The van der Waals surface area contributed by atoms with Crippen molar-refractivity contribution >= 4 is 21.4 Å². The van der Waals surface area contributed by atoms with Crippen LogP contribution in [0.4, 0.5) is 0 Å². The number of rotatable bonds is 6. The maximum atomic E-state index is 12.6. The smallest absolute Gasteiger partial charge is 0.305 e. The molecule has 2 rings (SSSR count). The third-order valence-corrected chi connectivity index (χ3v) is 6.74. The lowest BCUT2D eigenvalue weighted by Gasteiger charge is -2.22. The Morgan fingerprint density at radius 2 is 2.05 bits per heavy atom. The van der Waals surface area contributed by atoms with Crippen molar-refractivity contribution in [2.45, 2.75) is 50.3 Å². The number of sulfonamides is 1. The van der Waals surface area contributed by atoms with E-state index in [4.69, 9.17) is 0 Å². The Balaban J connectivity index is 2.29. The van der Waals surface area contributed by atoms with E-state index in [-0.39, 0.29) is 15.1 Å². The van der Waals surface area contributed by atoms with Crippen molar-refractivity contribution in [3.05, 3.63) is 15.4 Å². The summed E-state index contributed by atoms with van der Waals surface area (Å²) in [6, 6.07) is 0.125. The van der Waals surface area contributed by atoms with Crippen LogP contribution < -0.4 is 4.87 Å². The molecule has 1 aromatic heterocycles. The van der Waals surface area contributed by atoms with Gasteiger partial charge in [-0.1, -0.05) is 25.2 Å². The molecule has 19 heavy (non-hydrogen) atoms. The van der Waals surface area contributed by atoms with Crippen molar-refractivity contribution in [1.82, 2.24) is 9.29 Å². The van der Waals surface area contributed by atoms with Crippen LogP contribution in [0.15, 0.2) is 9.00 Å². The first-order valence-electron chi connectivity index (χ1n) is 6.54. The first-order chi connectivity index (χ1) is 8.82. The highest BCUT2D eigenvalue weighted by Gasteiger charge is 2.39. The van der Waals surface area contributed by atoms with Gasteiger partial charge in [-0.25, -0.2) is 8.42 Å². The number of aromatic amines is 1. The third-order valence-electron chi connectivity index (χ3n) is 3.21. The number of aryl methyl sites for hydroxylation is 1. The molecule has 7 heteroatoms. The first kappa shape index (κ1) is 14.7. The molecule has 1 fully saturated rings. The van der Waals surface area contributed by atoms with Gasteiger partial charge in [-0.3, -0.25) is 4.79 Å². The predicted octanol–water partition coefficient (Wildman–Crippen LogP) is 1.94. The second kappa shape index (κ2) is 5.38. The number of nitrogens with one attached hydrogen (secondary N) is 1. The summed E-state index contributed by atoms with van der Waals surface area (Å²) in [4.78, 5) is 13.6. The average molecular weight is 304 g/mol. The lowest BCUT2D eigenvalue weighted by Crippen LogP contribution is -2.34. The number of aromatic nitrogens is 1. The summed E-state index contributed by atoms with van der Waals surface area (Å²) in [5.74, 6) is 0.461. The van der Waals surface area contributed by atoms with Gasteiger partial charge < -0.3 is 4.98 Å². The van der Waals surface area contributed by atoms with Crippen LogP contribution in [0.5, 0.6) is 0 Å². The Labute approximate surface area is 117 Å². The van der Waals surface area contributed by atoms with Crippen molar-refractivity contribution in [3.8, 4) is 0 Å². The van der Waals surface area contributed by atoms with Gasteiger partial charge in [0.15, 0.2) is 4.21 Å². The van der Waals surface area contributed by atoms with Crippen LogP contribution >= 0.6 is 11.3 Å². The molecule has 5 nitrogen and oxygen atoms in total. The highest BCUT2D eigenvalue weighted by molar-refractivity contribution is 7.91. The molecule has 0 spiro atoms. The van der Waals surface area contributed by atoms with E-state index in [9.17, 15) is 13.2 Å². The van der Waals surface area contributed by atoms with Crippen LogP contribution in [-0.2, 0) is 10.0 Å². The normalized spacial score (nSPS) is 16.5. The molecular formula is C12H20N2O3S2. The molecule has 0 unspecified atom stereocenters. The summed E-state index contributed by atoms with van der Waals surface area (Å²) < 4.78 is 27.0. The van der Waals surface area contributed by atoms with E-state index >= 15 is 0 Å². The monoisotopic (exact) mass is 304 g/mol. The highest BCUT2D eigenvalue weighted by atomic mass is 32.2. The van der Waals surface area contributed by atoms with E-state index in [0.29, 0.717) is 18.2 Å². The third kappa shape index (κ3) is 3.27. The molecule has 0 aliphatic heterocycles. The van der Waals surface area contributed by atoms with Gasteiger partial charge in [0.05, 0.1) is 0 Å². The van der Waals surface area contributed by atoms with Crippen molar-refractivity contribution < 1.29 is 8.42 Å². The second-order valence-corrected chi connectivity index (χ2v) is 8.53. The van der Waals surface area contributed by atoms with Crippen molar-refractivity contribution in [3.63, 3.8) is 0 Å². The van der Waals surface area contributed by atoms with Crippen molar-refractivity contribution in [2.24, 2.45) is 5.92 Å². The van der Waals surface area contributed by atoms with Crippen LogP contribution in [-0.4, -0.2) is 30.3 Å². The number of hydrogen-bond acceptors (Lipinski definition) is 4. The molecule has 1 aromatic rings. The Bertz CT molecular complexity index is 597. The van der Waals surface area contributed by atoms with E-state index < -0.39 is 10.0 Å². The molecule has 0 aromatic carbocycles. The highest BCUT2D eigenvalue weighted by Crippen LogP contribution is 2.33. The van der Waals surface area contributed by atoms with Gasteiger partial charge in [0, 0.05) is 18.3 Å². The molecule has 1 N–H and O–H groups in total. The lowest BCUT2D eigenvalue weighted by molar-refractivity contribution is 0.374. The molecule has 1 saturated carbocycles. The van der Waals surface area contributed by atoms with Crippen molar-refractivity contribution in [2.75, 3.05) is 6.54 Å². The van der Waals surface area contributed by atoms with Crippen LogP contribution in [0.25, 0.3) is 0 Å². The fraction of sp³-hybridized carbons (Fsp3) is 0.750. The standard InChI is InChI=1S/C12H20N2O3S2/c1-8(2)6-7-14(10-4-5-10)19(16,17)11-9(3)13-12(15)18-11/h8,10H,4-7H2,1-3H3,(H,13,15). The molecule has 108 valence electrons. The number of hydrogen-bond donors (Lipinski definition) is 1. The number of thiazole rings is 1. The Hall–Kier alpha value is -0.660. The summed E-state index contributed by atoms with van der Waals surface area (Å²) in [6.45, 7) is 6.34. The molecule has 0 radical (unpaired) electrons. The van der Waals surface area contributed by atoms with Gasteiger partial charge in [0.1, 0.15) is 0 Å². The van der Waals surface area contributed by atoms with Gasteiger partial charge in [-0.05, 0) is 32.1 Å². The molecule has 1 heterocycles. The fourth-order valence-electron chi connectivity index (χ4n) is 1.99. The first-order valence-corrected chi connectivity index (χ1v) is 8.79. The molecule has 1 aliphatic rings. The summed E-state index contributed by atoms with van der Waals surface area (Å²) in [5.41, 5.74) is 0.449. The second-order valence-electron chi connectivity index (χ2n) is 5.46. The van der Waals surface area contributed by atoms with Gasteiger partial charge in [-0.2, -0.15) is 4.31 Å². The molecular weight excluding hydrogens is 284 g/mol. The molecule has 1 aliphatic carbocycles. The lowest BCUT2D eigenvalue weighted by atomic mass is 10.1. The minimum absolute atomic E-state index is 0.125. The minimum atomic E-state index is -3.52. The van der Waals surface area contributed by atoms with E-state index in [0.717, 1.165) is 30.6 Å². The maximum absolute atomic E-state index is 12.6. The van der Waals surface area contributed by atoms with Gasteiger partial charge in [0.25, 0.3) is 10.0 Å².